The van der Waals surface area contributed by atoms with Crippen LogP contribution in [0.25, 0.3) is 0 Å². The summed E-state index contributed by atoms with van der Waals surface area (Å²) < 4.78 is 26.2. The molecule has 0 radical (unpaired) electrons. The van der Waals surface area contributed by atoms with E-state index in [4.69, 9.17) is 16.7 Å². The molecule has 1 unspecified atom stereocenters. The van der Waals surface area contributed by atoms with Crippen LogP contribution in [0.15, 0.2) is 10.4 Å². The quantitative estimate of drug-likeness (QED) is 0.909. The van der Waals surface area contributed by atoms with Gasteiger partial charge >= 0.3 is 0 Å². The topological polar surface area (TPSA) is 70.5 Å². The molecule has 1 atom stereocenters. The van der Waals surface area contributed by atoms with E-state index in [2.05, 4.69) is 4.98 Å². The van der Waals surface area contributed by atoms with Crippen molar-refractivity contribution in [1.82, 2.24) is 9.29 Å². The average molecular weight is 297 g/mol. The summed E-state index contributed by atoms with van der Waals surface area (Å²) >= 11 is 6.61. The van der Waals surface area contributed by atoms with Crippen molar-refractivity contribution in [3.63, 3.8) is 0 Å². The SMILES string of the molecule is O=S(=O)(c1cnc(Cl)s1)N1CCCC(CO)C1. The number of aromatic nitrogens is 1. The average Bonchev–Trinajstić information content (AvgIpc) is 2.76. The van der Waals surface area contributed by atoms with Crippen LogP contribution < -0.4 is 0 Å². The van der Waals surface area contributed by atoms with Crippen molar-refractivity contribution in [2.45, 2.75) is 17.1 Å². The standard InChI is InChI=1S/C9H13ClN2O3S2/c10-9-11-4-8(16-9)17(14,15)12-3-1-2-7(5-12)6-13/h4,7,13H,1-3,5-6H2. The fourth-order valence-electron chi connectivity index (χ4n) is 1.88. The third kappa shape index (κ3) is 2.79. The van der Waals surface area contributed by atoms with E-state index in [1.54, 1.807) is 0 Å². The molecule has 0 amide bonds. The number of thiazole rings is 1. The zero-order chi connectivity index (χ0) is 12.5. The minimum atomic E-state index is -3.49. The molecule has 1 aliphatic rings. The van der Waals surface area contributed by atoms with Crippen LogP contribution in [0.3, 0.4) is 0 Å². The highest BCUT2D eigenvalue weighted by molar-refractivity contribution is 7.91. The number of hydrogen-bond donors (Lipinski definition) is 1. The minimum absolute atomic E-state index is 0.0233. The highest BCUT2D eigenvalue weighted by Crippen LogP contribution is 2.28. The van der Waals surface area contributed by atoms with Crippen LogP contribution in [0, 0.1) is 5.92 Å². The summed E-state index contributed by atoms with van der Waals surface area (Å²) in [5, 5.41) is 9.10. The van der Waals surface area contributed by atoms with Gasteiger partial charge in [-0.15, -0.1) is 0 Å². The maximum Gasteiger partial charge on any atom is 0.254 e. The Kier molecular flexibility index (Phi) is 4.04. The van der Waals surface area contributed by atoms with Gasteiger partial charge in [-0.1, -0.05) is 22.9 Å². The molecule has 5 nitrogen and oxygen atoms in total. The van der Waals surface area contributed by atoms with Gasteiger partial charge in [0.05, 0.1) is 6.20 Å². The van der Waals surface area contributed by atoms with Gasteiger partial charge in [-0.25, -0.2) is 13.4 Å². The Morgan fingerprint density at radius 2 is 2.41 bits per heavy atom. The fourth-order valence-corrected chi connectivity index (χ4v) is 4.88. The van der Waals surface area contributed by atoms with Gasteiger partial charge in [0.25, 0.3) is 10.0 Å². The number of rotatable bonds is 3. The van der Waals surface area contributed by atoms with E-state index in [0.29, 0.717) is 13.1 Å². The van der Waals surface area contributed by atoms with Crippen LogP contribution in [-0.4, -0.2) is 42.5 Å². The van der Waals surface area contributed by atoms with Crippen LogP contribution in [0.1, 0.15) is 12.8 Å². The molecule has 1 aromatic heterocycles. The van der Waals surface area contributed by atoms with Crippen LogP contribution in [0.5, 0.6) is 0 Å². The van der Waals surface area contributed by atoms with Gasteiger partial charge in [0.2, 0.25) is 0 Å². The minimum Gasteiger partial charge on any atom is -0.396 e. The lowest BCUT2D eigenvalue weighted by Crippen LogP contribution is -2.40. The van der Waals surface area contributed by atoms with Crippen LogP contribution >= 0.6 is 22.9 Å². The van der Waals surface area contributed by atoms with E-state index in [9.17, 15) is 8.42 Å². The Morgan fingerprint density at radius 1 is 1.65 bits per heavy atom. The van der Waals surface area contributed by atoms with Gasteiger partial charge in [-0.3, -0.25) is 0 Å². The summed E-state index contributed by atoms with van der Waals surface area (Å²) in [5.74, 6) is 0.0296. The molecule has 1 N–H and O–H groups in total. The second-order valence-corrected chi connectivity index (χ2v) is 7.76. The van der Waals surface area contributed by atoms with Crippen molar-refractivity contribution in [2.75, 3.05) is 19.7 Å². The first-order valence-electron chi connectivity index (χ1n) is 5.26. The first-order valence-corrected chi connectivity index (χ1v) is 7.90. The van der Waals surface area contributed by atoms with Gasteiger partial charge in [0.15, 0.2) is 8.68 Å². The van der Waals surface area contributed by atoms with Gasteiger partial charge < -0.3 is 5.11 Å². The van der Waals surface area contributed by atoms with E-state index in [0.717, 1.165) is 24.2 Å². The summed E-state index contributed by atoms with van der Waals surface area (Å²) in [6.07, 6.45) is 2.92. The van der Waals surface area contributed by atoms with Crippen LogP contribution in [0.4, 0.5) is 0 Å². The van der Waals surface area contributed by atoms with Crippen molar-refractivity contribution < 1.29 is 13.5 Å². The molecule has 1 aromatic rings. The molecule has 0 bridgehead atoms. The lowest BCUT2D eigenvalue weighted by atomic mass is 10.0. The van der Waals surface area contributed by atoms with Crippen LogP contribution in [0.2, 0.25) is 4.47 Å². The van der Waals surface area contributed by atoms with Crippen molar-refractivity contribution in [3.05, 3.63) is 10.7 Å². The molecule has 0 aromatic carbocycles. The molecule has 0 spiro atoms. The molecule has 1 saturated heterocycles. The first kappa shape index (κ1) is 13.2. The maximum atomic E-state index is 12.2. The summed E-state index contributed by atoms with van der Waals surface area (Å²) in [6, 6.07) is 0. The molecule has 17 heavy (non-hydrogen) atoms. The van der Waals surface area contributed by atoms with Crippen molar-refractivity contribution in [1.29, 1.82) is 0 Å². The Balaban J connectivity index is 2.21. The molecule has 96 valence electrons. The molecule has 2 rings (SSSR count). The highest BCUT2D eigenvalue weighted by Gasteiger charge is 2.31. The van der Waals surface area contributed by atoms with Gasteiger partial charge in [0.1, 0.15) is 0 Å². The molecular formula is C9H13ClN2O3S2. The Hall–Kier alpha value is -0.210. The lowest BCUT2D eigenvalue weighted by Gasteiger charge is -2.30. The van der Waals surface area contributed by atoms with Gasteiger partial charge in [0, 0.05) is 19.7 Å². The normalized spacial score (nSPS) is 22.8. The number of sulfonamides is 1. The number of nitrogens with zero attached hydrogens (tertiary/aromatic N) is 2. The predicted octanol–water partition coefficient (Wildman–Crippen LogP) is 1.19. The molecule has 1 fully saturated rings. The van der Waals surface area contributed by atoms with Crippen molar-refractivity contribution >= 4 is 33.0 Å². The zero-order valence-corrected chi connectivity index (χ0v) is 11.4. The fraction of sp³-hybridized carbons (Fsp3) is 0.667. The first-order chi connectivity index (χ1) is 8.04. The number of hydrogen-bond acceptors (Lipinski definition) is 5. The zero-order valence-electron chi connectivity index (χ0n) is 9.04. The smallest absolute Gasteiger partial charge is 0.254 e. The predicted molar refractivity (Wildman–Crippen MR) is 65.7 cm³/mol. The third-order valence-electron chi connectivity index (χ3n) is 2.79. The van der Waals surface area contributed by atoms with E-state index in [-0.39, 0.29) is 21.2 Å². The lowest BCUT2D eigenvalue weighted by molar-refractivity contribution is 0.165. The maximum absolute atomic E-state index is 12.2. The third-order valence-corrected chi connectivity index (χ3v) is 6.21. The molecule has 8 heteroatoms. The molecular weight excluding hydrogens is 284 g/mol. The number of halogens is 1. The van der Waals surface area contributed by atoms with Crippen LogP contribution in [-0.2, 0) is 10.0 Å². The summed E-state index contributed by atoms with van der Waals surface area (Å²) in [6.45, 7) is 0.887. The van der Waals surface area contributed by atoms with Gasteiger partial charge in [-0.05, 0) is 18.8 Å². The summed E-state index contributed by atoms with van der Waals surface area (Å²) in [5.41, 5.74) is 0. The van der Waals surface area contributed by atoms with E-state index >= 15 is 0 Å². The number of aliphatic hydroxyl groups is 1. The van der Waals surface area contributed by atoms with Crippen molar-refractivity contribution in [2.24, 2.45) is 5.92 Å². The Bertz CT molecular complexity index is 488. The second kappa shape index (κ2) is 5.19. The largest absolute Gasteiger partial charge is 0.396 e. The molecule has 2 heterocycles. The molecule has 0 saturated carbocycles. The number of piperidine rings is 1. The second-order valence-electron chi connectivity index (χ2n) is 3.99. The van der Waals surface area contributed by atoms with E-state index in [1.165, 1.54) is 10.5 Å². The highest BCUT2D eigenvalue weighted by atomic mass is 35.5. The number of aliphatic hydroxyl groups excluding tert-OH is 1. The van der Waals surface area contributed by atoms with E-state index in [1.807, 2.05) is 0 Å². The summed E-state index contributed by atoms with van der Waals surface area (Å²) in [7, 11) is -3.49. The Labute approximate surface area is 109 Å². The van der Waals surface area contributed by atoms with E-state index < -0.39 is 10.0 Å². The molecule has 0 aliphatic carbocycles. The Morgan fingerprint density at radius 3 is 3.00 bits per heavy atom. The summed E-state index contributed by atoms with van der Waals surface area (Å²) in [4.78, 5) is 3.75. The van der Waals surface area contributed by atoms with Crippen molar-refractivity contribution in [3.8, 4) is 0 Å². The monoisotopic (exact) mass is 296 g/mol. The van der Waals surface area contributed by atoms with Gasteiger partial charge in [-0.2, -0.15) is 4.31 Å². The molecule has 1 aliphatic heterocycles.